The maximum absolute atomic E-state index is 6.32. The summed E-state index contributed by atoms with van der Waals surface area (Å²) in [6.07, 6.45) is 5.07. The highest BCUT2D eigenvalue weighted by Gasteiger charge is 2.22. The molecule has 0 saturated heterocycles. The molecule has 0 N–H and O–H groups in total. The van der Waals surface area contributed by atoms with Crippen LogP contribution in [0.3, 0.4) is 0 Å². The van der Waals surface area contributed by atoms with Crippen molar-refractivity contribution < 1.29 is 4.74 Å². The Kier molecular flexibility index (Phi) is 5.50. The van der Waals surface area contributed by atoms with Gasteiger partial charge in [0.05, 0.1) is 29.4 Å². The second-order valence-corrected chi connectivity index (χ2v) is 8.50. The summed E-state index contributed by atoms with van der Waals surface area (Å²) in [5.74, 6) is 0. The molecule has 26 heavy (non-hydrogen) atoms. The Morgan fingerprint density at radius 3 is 2.85 bits per heavy atom. The van der Waals surface area contributed by atoms with Crippen molar-refractivity contribution in [2.45, 2.75) is 19.3 Å². The van der Waals surface area contributed by atoms with Crippen molar-refractivity contribution in [2.75, 3.05) is 0 Å². The summed E-state index contributed by atoms with van der Waals surface area (Å²) < 4.78 is 13.5. The number of ether oxygens (including phenoxy) is 1. The Morgan fingerprint density at radius 1 is 1.23 bits per heavy atom. The fourth-order valence-electron chi connectivity index (χ4n) is 2.62. The van der Waals surface area contributed by atoms with E-state index in [1.54, 1.807) is 23.9 Å². The van der Waals surface area contributed by atoms with Crippen LogP contribution in [-0.4, -0.2) is 13.9 Å². The molecular weight excluding hydrogens is 433 g/mol. The molecule has 0 aliphatic carbocycles. The van der Waals surface area contributed by atoms with E-state index in [2.05, 4.69) is 14.7 Å². The zero-order valence-electron chi connectivity index (χ0n) is 13.2. The molecule has 0 unspecified atom stereocenters. The molecule has 134 valence electrons. The van der Waals surface area contributed by atoms with Crippen molar-refractivity contribution in [3.8, 4) is 0 Å². The summed E-state index contributed by atoms with van der Waals surface area (Å²) >= 11 is 21.4. The van der Waals surface area contributed by atoms with Crippen molar-refractivity contribution in [1.29, 1.82) is 0 Å². The fourth-order valence-corrected chi connectivity index (χ4v) is 5.01. The number of hydrogen-bond donors (Lipinski definition) is 0. The SMILES string of the molecule is Clc1ccc2scc(CO[C@@H](Cn3ccnc3)c3snc(Cl)c3Cl)c2c1. The van der Waals surface area contributed by atoms with Crippen LogP contribution in [0.2, 0.25) is 15.2 Å². The maximum atomic E-state index is 6.32. The van der Waals surface area contributed by atoms with Crippen molar-refractivity contribution in [3.05, 3.63) is 67.9 Å². The average Bonchev–Trinajstić information content (AvgIpc) is 3.34. The average molecular weight is 445 g/mol. The minimum atomic E-state index is -0.282. The van der Waals surface area contributed by atoms with Crippen molar-refractivity contribution in [1.82, 2.24) is 13.9 Å². The highest BCUT2D eigenvalue weighted by atomic mass is 35.5. The van der Waals surface area contributed by atoms with Crippen LogP contribution < -0.4 is 0 Å². The molecule has 0 aliphatic rings. The summed E-state index contributed by atoms with van der Waals surface area (Å²) in [6, 6.07) is 5.88. The molecule has 9 heteroatoms. The minimum absolute atomic E-state index is 0.282. The molecule has 1 atom stereocenters. The summed E-state index contributed by atoms with van der Waals surface area (Å²) in [5.41, 5.74) is 1.09. The van der Waals surface area contributed by atoms with E-state index in [1.807, 2.05) is 29.0 Å². The fraction of sp³-hybridized carbons (Fsp3) is 0.176. The smallest absolute Gasteiger partial charge is 0.161 e. The van der Waals surface area contributed by atoms with Crippen molar-refractivity contribution in [3.63, 3.8) is 0 Å². The molecule has 4 nitrogen and oxygen atoms in total. The van der Waals surface area contributed by atoms with E-state index in [0.29, 0.717) is 28.4 Å². The number of imidazole rings is 1. The monoisotopic (exact) mass is 443 g/mol. The number of fused-ring (bicyclic) bond motifs is 1. The predicted octanol–water partition coefficient (Wildman–Crippen LogP) is 6.47. The first kappa shape index (κ1) is 18.2. The standard InChI is InChI=1S/C17H12Cl3N3OS2/c18-11-1-2-14-12(5-11)10(8-25-14)7-24-13(6-23-4-3-21-9-23)16-15(19)17(20)22-26-16/h1-5,8-9,13H,6-7H2/t13-/m0/s1. The molecule has 3 aromatic heterocycles. The minimum Gasteiger partial charge on any atom is -0.366 e. The predicted molar refractivity (Wildman–Crippen MR) is 109 cm³/mol. The van der Waals surface area contributed by atoms with E-state index in [0.717, 1.165) is 15.8 Å². The molecular formula is C17H12Cl3N3OS2. The summed E-state index contributed by atoms with van der Waals surface area (Å²) in [7, 11) is 0. The topological polar surface area (TPSA) is 39.9 Å². The lowest BCUT2D eigenvalue weighted by Gasteiger charge is -2.17. The van der Waals surface area contributed by atoms with Gasteiger partial charge in [0.2, 0.25) is 0 Å². The highest BCUT2D eigenvalue weighted by Crippen LogP contribution is 2.37. The normalized spacial score (nSPS) is 12.7. The number of rotatable bonds is 6. The molecule has 0 amide bonds. The van der Waals surface area contributed by atoms with Crippen LogP contribution in [-0.2, 0) is 17.9 Å². The number of nitrogens with zero attached hydrogens (tertiary/aromatic N) is 3. The second kappa shape index (κ2) is 7.84. The van der Waals surface area contributed by atoms with Gasteiger partial charge in [0, 0.05) is 22.1 Å². The Balaban J connectivity index is 1.59. The lowest BCUT2D eigenvalue weighted by Crippen LogP contribution is -2.11. The molecule has 4 rings (SSSR count). The van der Waals surface area contributed by atoms with Crippen LogP contribution in [0.25, 0.3) is 10.1 Å². The molecule has 3 heterocycles. The molecule has 0 aliphatic heterocycles. The largest absolute Gasteiger partial charge is 0.366 e. The van der Waals surface area contributed by atoms with Gasteiger partial charge in [0.15, 0.2) is 5.15 Å². The first-order chi connectivity index (χ1) is 12.6. The summed E-state index contributed by atoms with van der Waals surface area (Å²) in [5, 5.41) is 4.66. The Morgan fingerprint density at radius 2 is 2.12 bits per heavy atom. The number of benzene rings is 1. The molecule has 0 spiro atoms. The first-order valence-electron chi connectivity index (χ1n) is 7.65. The van der Waals surface area contributed by atoms with Crippen LogP contribution in [0.1, 0.15) is 16.5 Å². The van der Waals surface area contributed by atoms with Gasteiger partial charge >= 0.3 is 0 Å². The van der Waals surface area contributed by atoms with Gasteiger partial charge in [-0.05, 0) is 46.1 Å². The summed E-state index contributed by atoms with van der Waals surface area (Å²) in [4.78, 5) is 4.89. The Bertz CT molecular complexity index is 1030. The van der Waals surface area contributed by atoms with Gasteiger partial charge in [0.25, 0.3) is 0 Å². The molecule has 4 aromatic rings. The molecule has 0 fully saturated rings. The highest BCUT2D eigenvalue weighted by molar-refractivity contribution is 7.17. The van der Waals surface area contributed by atoms with Gasteiger partial charge in [0.1, 0.15) is 6.10 Å². The van der Waals surface area contributed by atoms with Crippen LogP contribution in [0.15, 0.2) is 42.3 Å². The van der Waals surface area contributed by atoms with E-state index < -0.39 is 0 Å². The van der Waals surface area contributed by atoms with Gasteiger partial charge in [-0.15, -0.1) is 11.3 Å². The Labute approximate surface area is 173 Å². The third-order valence-corrected chi connectivity index (χ3v) is 7.06. The van der Waals surface area contributed by atoms with Crippen LogP contribution in [0.5, 0.6) is 0 Å². The number of hydrogen-bond acceptors (Lipinski definition) is 5. The summed E-state index contributed by atoms with van der Waals surface area (Å²) in [6.45, 7) is 1.01. The van der Waals surface area contributed by atoms with E-state index in [-0.39, 0.29) is 6.10 Å². The number of aromatic nitrogens is 3. The van der Waals surface area contributed by atoms with Gasteiger partial charge in [-0.2, -0.15) is 4.37 Å². The zero-order chi connectivity index (χ0) is 18.1. The van der Waals surface area contributed by atoms with Gasteiger partial charge in [-0.3, -0.25) is 0 Å². The molecule has 1 aromatic carbocycles. The maximum Gasteiger partial charge on any atom is 0.161 e. The molecule has 0 saturated carbocycles. The van der Waals surface area contributed by atoms with E-state index in [9.17, 15) is 0 Å². The third kappa shape index (κ3) is 3.76. The van der Waals surface area contributed by atoms with Gasteiger partial charge in [-0.25, -0.2) is 4.98 Å². The van der Waals surface area contributed by atoms with E-state index >= 15 is 0 Å². The van der Waals surface area contributed by atoms with Crippen LogP contribution in [0.4, 0.5) is 0 Å². The van der Waals surface area contributed by atoms with E-state index in [1.165, 1.54) is 16.2 Å². The van der Waals surface area contributed by atoms with Gasteiger partial charge < -0.3 is 9.30 Å². The number of thiophene rings is 1. The zero-order valence-corrected chi connectivity index (χ0v) is 17.1. The first-order valence-corrected chi connectivity index (χ1v) is 10.4. The molecule has 0 radical (unpaired) electrons. The Hall–Kier alpha value is -1.15. The van der Waals surface area contributed by atoms with Crippen molar-refractivity contribution >= 4 is 67.8 Å². The van der Waals surface area contributed by atoms with E-state index in [4.69, 9.17) is 39.5 Å². The number of halogens is 3. The van der Waals surface area contributed by atoms with Crippen LogP contribution >= 0.6 is 57.7 Å². The second-order valence-electron chi connectivity index (χ2n) is 5.61. The lowest BCUT2D eigenvalue weighted by molar-refractivity contribution is 0.0311. The lowest BCUT2D eigenvalue weighted by atomic mass is 10.2. The van der Waals surface area contributed by atoms with Crippen molar-refractivity contribution in [2.24, 2.45) is 0 Å². The third-order valence-electron chi connectivity index (χ3n) is 3.91. The van der Waals surface area contributed by atoms with Crippen LogP contribution in [0, 0.1) is 0 Å². The quantitative estimate of drug-likeness (QED) is 0.342. The molecule has 0 bridgehead atoms. The van der Waals surface area contributed by atoms with Gasteiger partial charge in [-0.1, -0.05) is 34.8 Å².